The van der Waals surface area contributed by atoms with E-state index in [1.165, 1.54) is 5.56 Å². The predicted octanol–water partition coefficient (Wildman–Crippen LogP) is 3.64. The van der Waals surface area contributed by atoms with E-state index in [1.807, 2.05) is 37.2 Å². The van der Waals surface area contributed by atoms with Crippen LogP contribution in [0.2, 0.25) is 0 Å². The number of ether oxygens (including phenoxy) is 1. The van der Waals surface area contributed by atoms with Crippen LogP contribution in [0.5, 0.6) is 0 Å². The number of rotatable bonds is 6. The Kier molecular flexibility index (Phi) is 9.43. The second-order valence-electron chi connectivity index (χ2n) is 7.95. The number of pyridine rings is 1. The van der Waals surface area contributed by atoms with Gasteiger partial charge in [-0.1, -0.05) is 39.0 Å². The summed E-state index contributed by atoms with van der Waals surface area (Å²) in [4.78, 5) is 11.1. The topological polar surface area (TPSA) is 61.8 Å². The summed E-state index contributed by atoms with van der Waals surface area (Å²) in [5, 5.41) is 7.93. The van der Waals surface area contributed by atoms with Gasteiger partial charge in [0.1, 0.15) is 5.82 Å². The molecule has 1 heterocycles. The Hall–Kier alpha value is -1.61. The Morgan fingerprint density at radius 1 is 1.21 bits per heavy atom. The maximum absolute atomic E-state index is 5.61. The second kappa shape index (κ2) is 10.8. The second-order valence-corrected chi connectivity index (χ2v) is 7.95. The van der Waals surface area contributed by atoms with Gasteiger partial charge in [0.15, 0.2) is 5.96 Å². The number of methoxy groups -OCH3 is 1. The van der Waals surface area contributed by atoms with E-state index in [1.54, 1.807) is 14.2 Å². The number of benzene rings is 1. The summed E-state index contributed by atoms with van der Waals surface area (Å²) in [5.41, 5.74) is 2.24. The van der Waals surface area contributed by atoms with Crippen LogP contribution in [0.25, 0.3) is 10.9 Å². The summed E-state index contributed by atoms with van der Waals surface area (Å²) in [5.74, 6) is 1.70. The van der Waals surface area contributed by atoms with Crippen molar-refractivity contribution in [1.29, 1.82) is 0 Å². The van der Waals surface area contributed by atoms with Gasteiger partial charge >= 0.3 is 0 Å². The highest BCUT2D eigenvalue weighted by atomic mass is 127. The lowest BCUT2D eigenvalue weighted by atomic mass is 9.89. The summed E-state index contributed by atoms with van der Waals surface area (Å²) in [6, 6.07) is 10.3. The van der Waals surface area contributed by atoms with Gasteiger partial charge in [-0.05, 0) is 23.1 Å². The van der Waals surface area contributed by atoms with Crippen LogP contribution in [0.15, 0.2) is 35.3 Å². The lowest BCUT2D eigenvalue weighted by molar-refractivity contribution is 0.0205. The summed E-state index contributed by atoms with van der Waals surface area (Å²) >= 11 is 0. The van der Waals surface area contributed by atoms with Gasteiger partial charge in [-0.2, -0.15) is 0 Å². The number of anilines is 1. The number of aliphatic imine (C=N–C) groups is 1. The molecule has 0 aliphatic heterocycles. The molecule has 156 valence electrons. The minimum absolute atomic E-state index is 0. The Morgan fingerprint density at radius 2 is 1.89 bits per heavy atom. The van der Waals surface area contributed by atoms with Crippen LogP contribution in [-0.2, 0) is 11.3 Å². The van der Waals surface area contributed by atoms with Crippen LogP contribution in [0.3, 0.4) is 0 Å². The van der Waals surface area contributed by atoms with Crippen molar-refractivity contribution in [2.75, 3.05) is 39.7 Å². The maximum atomic E-state index is 5.61. The molecular formula is C21H34IN5O. The van der Waals surface area contributed by atoms with E-state index in [4.69, 9.17) is 9.72 Å². The first-order valence-electron chi connectivity index (χ1n) is 9.29. The van der Waals surface area contributed by atoms with E-state index in [0.717, 1.165) is 22.7 Å². The molecule has 1 atom stereocenters. The van der Waals surface area contributed by atoms with Crippen LogP contribution in [0.1, 0.15) is 26.3 Å². The molecule has 2 rings (SSSR count). The molecule has 2 N–H and O–H groups in total. The fourth-order valence-corrected chi connectivity index (χ4v) is 2.94. The van der Waals surface area contributed by atoms with Crippen molar-refractivity contribution in [2.45, 2.75) is 33.4 Å². The Morgan fingerprint density at radius 3 is 2.46 bits per heavy atom. The van der Waals surface area contributed by atoms with Crippen molar-refractivity contribution in [2.24, 2.45) is 10.4 Å². The minimum atomic E-state index is 0. The fourth-order valence-electron chi connectivity index (χ4n) is 2.94. The van der Waals surface area contributed by atoms with Gasteiger partial charge in [-0.25, -0.2) is 4.98 Å². The van der Waals surface area contributed by atoms with Gasteiger partial charge in [0, 0.05) is 46.7 Å². The Labute approximate surface area is 186 Å². The van der Waals surface area contributed by atoms with Gasteiger partial charge in [0.05, 0.1) is 11.6 Å². The first-order valence-corrected chi connectivity index (χ1v) is 9.29. The molecule has 0 saturated carbocycles. The number of para-hydroxylation sites is 1. The van der Waals surface area contributed by atoms with Crippen molar-refractivity contribution in [1.82, 2.24) is 15.6 Å². The third-order valence-electron chi connectivity index (χ3n) is 4.62. The molecule has 1 aromatic carbocycles. The van der Waals surface area contributed by atoms with Crippen LogP contribution in [0, 0.1) is 5.41 Å². The van der Waals surface area contributed by atoms with Crippen molar-refractivity contribution < 1.29 is 4.74 Å². The molecule has 0 amide bonds. The zero-order chi connectivity index (χ0) is 20.0. The summed E-state index contributed by atoms with van der Waals surface area (Å²) in [6.07, 6.45) is 0.0955. The minimum Gasteiger partial charge on any atom is -0.379 e. The van der Waals surface area contributed by atoms with Crippen molar-refractivity contribution in [3.63, 3.8) is 0 Å². The molecule has 0 fully saturated rings. The number of hydrogen-bond donors (Lipinski definition) is 2. The van der Waals surface area contributed by atoms with E-state index in [-0.39, 0.29) is 35.5 Å². The highest BCUT2D eigenvalue weighted by Crippen LogP contribution is 2.22. The number of hydrogen-bond acceptors (Lipinski definition) is 4. The number of halogens is 1. The van der Waals surface area contributed by atoms with Gasteiger partial charge < -0.3 is 20.3 Å². The van der Waals surface area contributed by atoms with Crippen LogP contribution < -0.4 is 15.5 Å². The predicted molar refractivity (Wildman–Crippen MR) is 130 cm³/mol. The molecule has 7 heteroatoms. The lowest BCUT2D eigenvalue weighted by Gasteiger charge is -2.30. The average molecular weight is 499 g/mol. The molecule has 0 aliphatic rings. The average Bonchev–Trinajstić information content (AvgIpc) is 2.63. The monoisotopic (exact) mass is 499 g/mol. The lowest BCUT2D eigenvalue weighted by Crippen LogP contribution is -2.45. The van der Waals surface area contributed by atoms with E-state index in [2.05, 4.69) is 48.5 Å². The zero-order valence-corrected chi connectivity index (χ0v) is 20.4. The van der Waals surface area contributed by atoms with Gasteiger partial charge in [-0.15, -0.1) is 24.0 Å². The van der Waals surface area contributed by atoms with Crippen LogP contribution >= 0.6 is 24.0 Å². The zero-order valence-electron chi connectivity index (χ0n) is 18.0. The third-order valence-corrected chi connectivity index (χ3v) is 4.62. The number of guanidine groups is 1. The first-order chi connectivity index (χ1) is 12.8. The fraction of sp³-hybridized carbons (Fsp3) is 0.524. The summed E-state index contributed by atoms with van der Waals surface area (Å²) in [6.45, 7) is 7.87. The maximum Gasteiger partial charge on any atom is 0.191 e. The summed E-state index contributed by atoms with van der Waals surface area (Å²) < 4.78 is 5.61. The first kappa shape index (κ1) is 24.4. The molecule has 1 unspecified atom stereocenters. The molecule has 28 heavy (non-hydrogen) atoms. The normalized spacial score (nSPS) is 13.0. The highest BCUT2D eigenvalue weighted by molar-refractivity contribution is 14.0. The van der Waals surface area contributed by atoms with E-state index in [0.29, 0.717) is 13.1 Å². The Bertz CT molecular complexity index is 786. The molecule has 0 saturated heterocycles. The molecule has 6 nitrogen and oxygen atoms in total. The van der Waals surface area contributed by atoms with Gasteiger partial charge in [0.2, 0.25) is 0 Å². The molecular weight excluding hydrogens is 465 g/mol. The Balaban J connectivity index is 0.00000392. The van der Waals surface area contributed by atoms with Crippen molar-refractivity contribution >= 4 is 46.7 Å². The third kappa shape index (κ3) is 6.48. The standard InChI is InChI=1S/C21H33N5O.HI/c1-21(2,3)18(27-7)14-24-20(22-4)23-13-15-12-19(26(5)6)25-17-11-9-8-10-16(15)17;/h8-12,18H,13-14H2,1-7H3,(H2,22,23,24);1H. The van der Waals surface area contributed by atoms with Crippen LogP contribution in [-0.4, -0.2) is 51.8 Å². The molecule has 0 bridgehead atoms. The van der Waals surface area contributed by atoms with Crippen molar-refractivity contribution in [3.05, 3.63) is 35.9 Å². The van der Waals surface area contributed by atoms with E-state index >= 15 is 0 Å². The smallest absolute Gasteiger partial charge is 0.191 e. The van der Waals surface area contributed by atoms with Crippen molar-refractivity contribution in [3.8, 4) is 0 Å². The van der Waals surface area contributed by atoms with Gasteiger partial charge in [-0.3, -0.25) is 4.99 Å². The quantitative estimate of drug-likeness (QED) is 0.361. The number of aromatic nitrogens is 1. The van der Waals surface area contributed by atoms with Crippen LogP contribution in [0.4, 0.5) is 5.82 Å². The largest absolute Gasteiger partial charge is 0.379 e. The van der Waals surface area contributed by atoms with E-state index in [9.17, 15) is 0 Å². The van der Waals surface area contributed by atoms with E-state index < -0.39 is 0 Å². The molecule has 0 spiro atoms. The van der Waals surface area contributed by atoms with Gasteiger partial charge in [0.25, 0.3) is 0 Å². The SMILES string of the molecule is CN=C(NCc1cc(N(C)C)nc2ccccc12)NCC(OC)C(C)(C)C.I. The number of nitrogens with one attached hydrogen (secondary N) is 2. The molecule has 0 aliphatic carbocycles. The molecule has 0 radical (unpaired) electrons. The number of nitrogens with zero attached hydrogens (tertiary/aromatic N) is 3. The number of fused-ring (bicyclic) bond motifs is 1. The molecule has 1 aromatic heterocycles. The highest BCUT2D eigenvalue weighted by Gasteiger charge is 2.24. The summed E-state index contributed by atoms with van der Waals surface area (Å²) in [7, 11) is 7.54. The molecule has 2 aromatic rings.